The summed E-state index contributed by atoms with van der Waals surface area (Å²) in [7, 11) is 0. The largest absolute Gasteiger partial charge is 0.311 e. The van der Waals surface area contributed by atoms with Crippen LogP contribution >= 0.6 is 0 Å². The second-order valence-corrected chi connectivity index (χ2v) is 13.6. The Morgan fingerprint density at radius 2 is 0.536 bits per heavy atom. The third-order valence-electron chi connectivity index (χ3n) is 10.3. The average Bonchev–Trinajstić information content (AvgIpc) is 3.27. The lowest BCUT2D eigenvalue weighted by Gasteiger charge is -2.25. The molecule has 0 fully saturated rings. The van der Waals surface area contributed by atoms with E-state index in [1.54, 1.807) is 0 Å². The number of rotatable bonds is 8. The van der Waals surface area contributed by atoms with Crippen molar-refractivity contribution in [1.29, 1.82) is 10.5 Å². The summed E-state index contributed by atoms with van der Waals surface area (Å²) in [6.07, 6.45) is 0. The van der Waals surface area contributed by atoms with Crippen LogP contribution < -0.4 is 9.80 Å². The number of fused-ring (bicyclic) bond motifs is 3. The van der Waals surface area contributed by atoms with Crippen LogP contribution in [0.15, 0.2) is 206 Å². The normalized spacial score (nSPS) is 10.8. The van der Waals surface area contributed by atoms with Gasteiger partial charge >= 0.3 is 0 Å². The average molecular weight is 715 g/mol. The zero-order chi connectivity index (χ0) is 37.8. The number of anilines is 6. The lowest BCUT2D eigenvalue weighted by Crippen LogP contribution is -2.09. The highest BCUT2D eigenvalue weighted by Gasteiger charge is 2.18. The molecule has 0 saturated heterocycles. The van der Waals surface area contributed by atoms with Crippen LogP contribution in [0.25, 0.3) is 43.8 Å². The predicted octanol–water partition coefficient (Wildman–Crippen LogP) is 14.0. The Morgan fingerprint density at radius 1 is 0.268 bits per heavy atom. The summed E-state index contributed by atoms with van der Waals surface area (Å²) >= 11 is 0. The van der Waals surface area contributed by atoms with Gasteiger partial charge in [0.2, 0.25) is 0 Å². The van der Waals surface area contributed by atoms with E-state index in [0.29, 0.717) is 11.1 Å². The maximum absolute atomic E-state index is 10.5. The van der Waals surface area contributed by atoms with Crippen LogP contribution in [0, 0.1) is 22.7 Å². The fourth-order valence-corrected chi connectivity index (χ4v) is 7.64. The molecule has 0 atom stereocenters. The first-order valence-corrected chi connectivity index (χ1v) is 18.6. The molecule has 4 nitrogen and oxygen atoms in total. The van der Waals surface area contributed by atoms with Crippen LogP contribution in [-0.2, 0) is 0 Å². The van der Waals surface area contributed by atoms with Crippen LogP contribution in [-0.4, -0.2) is 0 Å². The van der Waals surface area contributed by atoms with Crippen molar-refractivity contribution in [2.45, 2.75) is 0 Å². The fourth-order valence-electron chi connectivity index (χ4n) is 7.64. The summed E-state index contributed by atoms with van der Waals surface area (Å²) in [5.41, 5.74) is 11.2. The molecule has 0 amide bonds. The van der Waals surface area contributed by atoms with E-state index in [4.69, 9.17) is 0 Å². The predicted molar refractivity (Wildman–Crippen MR) is 231 cm³/mol. The van der Waals surface area contributed by atoms with Gasteiger partial charge in [-0.05, 0) is 118 Å². The molecule has 9 aromatic carbocycles. The summed E-state index contributed by atoms with van der Waals surface area (Å²) in [4.78, 5) is 4.46. The Kier molecular flexibility index (Phi) is 8.98. The van der Waals surface area contributed by atoms with Gasteiger partial charge in [0.15, 0.2) is 0 Å². The van der Waals surface area contributed by atoms with E-state index in [-0.39, 0.29) is 0 Å². The second kappa shape index (κ2) is 14.8. The Labute approximate surface area is 326 Å². The molecule has 0 unspecified atom stereocenters. The Morgan fingerprint density at radius 3 is 0.821 bits per heavy atom. The van der Waals surface area contributed by atoms with Crippen molar-refractivity contribution in [2.24, 2.45) is 0 Å². The summed E-state index contributed by atoms with van der Waals surface area (Å²) in [6, 6.07) is 75.6. The first-order chi connectivity index (χ1) is 27.7. The van der Waals surface area contributed by atoms with Gasteiger partial charge in [-0.1, -0.05) is 121 Å². The molecule has 0 heterocycles. The van der Waals surface area contributed by atoms with E-state index in [1.807, 2.05) is 84.9 Å². The highest BCUT2D eigenvalue weighted by Crippen LogP contribution is 2.40. The topological polar surface area (TPSA) is 54.1 Å². The molecular weight excluding hydrogens is 681 g/mol. The molecular formula is C52H34N4. The zero-order valence-electron chi connectivity index (χ0n) is 30.4. The van der Waals surface area contributed by atoms with Crippen molar-refractivity contribution < 1.29 is 0 Å². The quantitative estimate of drug-likeness (QED) is 0.147. The molecule has 0 aliphatic heterocycles. The summed E-state index contributed by atoms with van der Waals surface area (Å²) in [5.74, 6) is 0. The number of nitrogens with zero attached hydrogens (tertiary/aromatic N) is 4. The molecule has 9 aromatic rings. The Bertz CT molecular complexity index is 2610. The number of para-hydroxylation sites is 4. The second-order valence-electron chi connectivity index (χ2n) is 13.6. The molecule has 56 heavy (non-hydrogen) atoms. The molecule has 0 saturated carbocycles. The van der Waals surface area contributed by atoms with Gasteiger partial charge < -0.3 is 9.80 Å². The van der Waals surface area contributed by atoms with Gasteiger partial charge in [0, 0.05) is 44.9 Å². The minimum Gasteiger partial charge on any atom is -0.311 e. The molecule has 0 bridgehead atoms. The van der Waals surface area contributed by atoms with E-state index >= 15 is 0 Å². The van der Waals surface area contributed by atoms with Crippen molar-refractivity contribution in [3.05, 3.63) is 217 Å². The van der Waals surface area contributed by atoms with Gasteiger partial charge in [-0.2, -0.15) is 10.5 Å². The number of nitriles is 2. The van der Waals surface area contributed by atoms with Crippen molar-refractivity contribution in [3.8, 4) is 34.4 Å². The van der Waals surface area contributed by atoms with Gasteiger partial charge in [0.25, 0.3) is 0 Å². The van der Waals surface area contributed by atoms with Crippen LogP contribution in [0.3, 0.4) is 0 Å². The van der Waals surface area contributed by atoms with Crippen LogP contribution in [0.2, 0.25) is 0 Å². The van der Waals surface area contributed by atoms with Crippen LogP contribution in [0.1, 0.15) is 11.1 Å². The van der Waals surface area contributed by atoms with Gasteiger partial charge in [-0.3, -0.25) is 0 Å². The smallest absolute Gasteiger partial charge is 0.101 e. The monoisotopic (exact) mass is 714 g/mol. The van der Waals surface area contributed by atoms with E-state index in [1.165, 1.54) is 0 Å². The fraction of sp³-hybridized carbons (Fsp3) is 0. The van der Waals surface area contributed by atoms with Gasteiger partial charge in [0.05, 0.1) is 11.1 Å². The zero-order valence-corrected chi connectivity index (χ0v) is 30.4. The molecule has 262 valence electrons. The van der Waals surface area contributed by atoms with Crippen LogP contribution in [0.5, 0.6) is 0 Å². The van der Waals surface area contributed by atoms with Gasteiger partial charge in [0.1, 0.15) is 12.1 Å². The summed E-state index contributed by atoms with van der Waals surface area (Å²) in [5, 5.41) is 24.5. The van der Waals surface area contributed by atoms with Gasteiger partial charge in [-0.15, -0.1) is 0 Å². The van der Waals surface area contributed by atoms with E-state index < -0.39 is 0 Å². The van der Waals surface area contributed by atoms with Crippen LogP contribution in [0.4, 0.5) is 34.1 Å². The molecule has 0 spiro atoms. The molecule has 0 aliphatic carbocycles. The third kappa shape index (κ3) is 6.28. The Hall–Kier alpha value is -7.92. The standard InChI is InChI=1S/C52H34N4/c53-35-51-49-33-39(37-21-27-45(28-22-37)55(41-13-5-1-6-14-41)42-15-7-2-8-16-42)25-31-47(49)48-32-26-40(34-50(48)52(51)36-54)38-23-29-46(30-24-38)56(43-17-9-3-10-18-43)44-19-11-4-12-20-44/h1-34H. The lowest BCUT2D eigenvalue weighted by molar-refractivity contribution is 1.28. The van der Waals surface area contributed by atoms with E-state index in [0.717, 1.165) is 77.9 Å². The van der Waals surface area contributed by atoms with Crippen molar-refractivity contribution in [2.75, 3.05) is 9.80 Å². The van der Waals surface area contributed by atoms with E-state index in [2.05, 4.69) is 143 Å². The van der Waals surface area contributed by atoms with Gasteiger partial charge in [-0.25, -0.2) is 0 Å². The van der Waals surface area contributed by atoms with Crippen molar-refractivity contribution in [1.82, 2.24) is 0 Å². The van der Waals surface area contributed by atoms with Crippen molar-refractivity contribution >= 4 is 55.7 Å². The molecule has 0 radical (unpaired) electrons. The maximum Gasteiger partial charge on any atom is 0.101 e. The Balaban J connectivity index is 1.07. The summed E-state index contributed by atoms with van der Waals surface area (Å²) < 4.78 is 0. The first-order valence-electron chi connectivity index (χ1n) is 18.6. The highest BCUT2D eigenvalue weighted by molar-refractivity contribution is 6.14. The number of hydrogen-bond acceptors (Lipinski definition) is 4. The molecule has 4 heteroatoms. The minimum absolute atomic E-state index is 0.390. The lowest BCUT2D eigenvalue weighted by atomic mass is 9.89. The number of benzene rings is 9. The molecule has 9 rings (SSSR count). The first kappa shape index (κ1) is 33.9. The number of hydrogen-bond donors (Lipinski definition) is 0. The third-order valence-corrected chi connectivity index (χ3v) is 10.3. The maximum atomic E-state index is 10.5. The minimum atomic E-state index is 0.390. The molecule has 0 aliphatic rings. The summed E-state index contributed by atoms with van der Waals surface area (Å²) in [6.45, 7) is 0. The molecule has 0 N–H and O–H groups in total. The molecule has 0 aromatic heterocycles. The van der Waals surface area contributed by atoms with E-state index in [9.17, 15) is 10.5 Å². The SMILES string of the molecule is N#Cc1c(C#N)c2cc(-c3ccc(N(c4ccccc4)c4ccccc4)cc3)ccc2c2ccc(-c3ccc(N(c4ccccc4)c4ccccc4)cc3)cc12. The van der Waals surface area contributed by atoms with Crippen molar-refractivity contribution in [3.63, 3.8) is 0 Å². The highest BCUT2D eigenvalue weighted by atomic mass is 15.1.